The van der Waals surface area contributed by atoms with Crippen molar-refractivity contribution in [1.29, 1.82) is 0 Å². The summed E-state index contributed by atoms with van der Waals surface area (Å²) in [6.07, 6.45) is 0.500. The molecule has 6 heteroatoms. The fourth-order valence-electron chi connectivity index (χ4n) is 3.10. The first-order valence-corrected chi connectivity index (χ1v) is 10.5. The molecule has 0 aromatic heterocycles. The highest BCUT2D eigenvalue weighted by Crippen LogP contribution is 2.18. The molecule has 0 saturated carbocycles. The third-order valence-corrected chi connectivity index (χ3v) is 4.91. The molecule has 0 unspecified atom stereocenters. The predicted octanol–water partition coefficient (Wildman–Crippen LogP) is 4.75. The number of hydrogen-bond donors (Lipinski definition) is 1. The highest BCUT2D eigenvalue weighted by Gasteiger charge is 2.31. The Balaban J connectivity index is 2.24. The number of carbonyl (C=O) groups excluding carboxylic acids is 2. The van der Waals surface area contributed by atoms with Crippen LogP contribution in [0.25, 0.3) is 0 Å². The highest BCUT2D eigenvalue weighted by atomic mass is 35.5. The maximum Gasteiger partial charge on any atom is 0.261 e. The molecule has 0 saturated heterocycles. The Morgan fingerprint density at radius 3 is 2.30 bits per heavy atom. The summed E-state index contributed by atoms with van der Waals surface area (Å²) < 4.78 is 5.67. The van der Waals surface area contributed by atoms with Crippen molar-refractivity contribution in [2.24, 2.45) is 0 Å². The number of halogens is 1. The Kier molecular flexibility index (Phi) is 8.30. The molecule has 5 nitrogen and oxygen atoms in total. The molecule has 0 aliphatic heterocycles. The van der Waals surface area contributed by atoms with Gasteiger partial charge in [-0.25, -0.2) is 0 Å². The van der Waals surface area contributed by atoms with Gasteiger partial charge >= 0.3 is 0 Å². The molecule has 2 amide bonds. The van der Waals surface area contributed by atoms with Gasteiger partial charge in [0.15, 0.2) is 6.61 Å². The topological polar surface area (TPSA) is 58.6 Å². The van der Waals surface area contributed by atoms with Gasteiger partial charge in [-0.1, -0.05) is 42.8 Å². The Morgan fingerprint density at radius 1 is 1.10 bits per heavy atom. The summed E-state index contributed by atoms with van der Waals surface area (Å²) in [5.74, 6) is 0.137. The zero-order valence-electron chi connectivity index (χ0n) is 18.4. The van der Waals surface area contributed by atoms with E-state index in [0.29, 0.717) is 23.7 Å². The molecular formula is C24H31ClN2O3. The summed E-state index contributed by atoms with van der Waals surface area (Å²) in [7, 11) is 0. The summed E-state index contributed by atoms with van der Waals surface area (Å²) in [4.78, 5) is 27.7. The van der Waals surface area contributed by atoms with Gasteiger partial charge in [-0.2, -0.15) is 0 Å². The van der Waals surface area contributed by atoms with Gasteiger partial charge in [-0.05, 0) is 69.5 Å². The highest BCUT2D eigenvalue weighted by molar-refractivity contribution is 6.30. The van der Waals surface area contributed by atoms with Crippen LogP contribution >= 0.6 is 11.6 Å². The van der Waals surface area contributed by atoms with Gasteiger partial charge < -0.3 is 15.0 Å². The van der Waals surface area contributed by atoms with Crippen LogP contribution in [0.15, 0.2) is 48.5 Å². The molecule has 0 bridgehead atoms. The first-order valence-electron chi connectivity index (χ1n) is 10.1. The number of aryl methyl sites for hydroxylation is 1. The van der Waals surface area contributed by atoms with Crippen molar-refractivity contribution in [3.8, 4) is 5.75 Å². The lowest BCUT2D eigenvalue weighted by Gasteiger charge is -2.33. The van der Waals surface area contributed by atoms with Crippen molar-refractivity contribution in [2.75, 3.05) is 6.61 Å². The lowest BCUT2D eigenvalue weighted by molar-refractivity contribution is -0.143. The van der Waals surface area contributed by atoms with Crippen molar-refractivity contribution in [2.45, 2.75) is 59.2 Å². The molecule has 0 radical (unpaired) electrons. The maximum atomic E-state index is 13.2. The van der Waals surface area contributed by atoms with Crippen LogP contribution in [0.5, 0.6) is 5.75 Å². The second-order valence-corrected chi connectivity index (χ2v) is 8.79. The summed E-state index contributed by atoms with van der Waals surface area (Å²) in [6.45, 7) is 9.86. The molecule has 0 spiro atoms. The number of rotatable bonds is 8. The number of carbonyl (C=O) groups is 2. The molecule has 0 aliphatic carbocycles. The second-order valence-electron chi connectivity index (χ2n) is 8.35. The average Bonchev–Trinajstić information content (AvgIpc) is 2.67. The lowest BCUT2D eigenvalue weighted by Crippen LogP contribution is -2.54. The largest absolute Gasteiger partial charge is 0.484 e. The number of ether oxygens (including phenoxy) is 1. The van der Waals surface area contributed by atoms with E-state index in [1.165, 1.54) is 0 Å². The smallest absolute Gasteiger partial charge is 0.261 e. The third kappa shape index (κ3) is 7.06. The van der Waals surface area contributed by atoms with E-state index >= 15 is 0 Å². The number of nitrogens with one attached hydrogen (secondary N) is 1. The molecule has 1 N–H and O–H groups in total. The van der Waals surface area contributed by atoms with Crippen molar-refractivity contribution in [3.63, 3.8) is 0 Å². The minimum atomic E-state index is -0.592. The number of nitrogens with zero attached hydrogens (tertiary/aromatic N) is 1. The van der Waals surface area contributed by atoms with E-state index in [1.807, 2.05) is 58.9 Å². The van der Waals surface area contributed by atoms with Crippen molar-refractivity contribution in [3.05, 3.63) is 64.7 Å². The molecule has 1 atom stereocenters. The zero-order valence-corrected chi connectivity index (χ0v) is 19.1. The molecule has 0 fully saturated rings. The van der Waals surface area contributed by atoms with E-state index in [2.05, 4.69) is 5.32 Å². The Hall–Kier alpha value is -2.53. The number of benzene rings is 2. The van der Waals surface area contributed by atoms with Crippen molar-refractivity contribution in [1.82, 2.24) is 10.2 Å². The quantitative estimate of drug-likeness (QED) is 0.657. The molecule has 2 aromatic carbocycles. The summed E-state index contributed by atoms with van der Waals surface area (Å²) >= 11 is 5.90. The normalized spacial score (nSPS) is 12.2. The van der Waals surface area contributed by atoms with Crippen LogP contribution in [0.3, 0.4) is 0 Å². The van der Waals surface area contributed by atoms with Crippen LogP contribution in [-0.4, -0.2) is 34.9 Å². The Labute approximate surface area is 184 Å². The van der Waals surface area contributed by atoms with Crippen LogP contribution < -0.4 is 10.1 Å². The standard InChI is InChI=1S/C24H31ClN2O3/c1-6-21(23(29)26-24(3,4)5)27(15-18-10-8-7-9-17(18)2)22(28)16-30-20-13-11-19(25)12-14-20/h7-14,21H,6,15-16H2,1-5H3,(H,26,29)/t21-/m0/s1. The maximum absolute atomic E-state index is 13.2. The monoisotopic (exact) mass is 430 g/mol. The van der Waals surface area contributed by atoms with Crippen LogP contribution in [0.2, 0.25) is 5.02 Å². The SMILES string of the molecule is CC[C@@H](C(=O)NC(C)(C)C)N(Cc1ccccc1C)C(=O)COc1ccc(Cl)cc1. The van der Waals surface area contributed by atoms with E-state index in [4.69, 9.17) is 16.3 Å². The molecule has 30 heavy (non-hydrogen) atoms. The van der Waals surface area contributed by atoms with Gasteiger partial charge in [0.25, 0.3) is 5.91 Å². The Morgan fingerprint density at radius 2 is 1.73 bits per heavy atom. The lowest BCUT2D eigenvalue weighted by atomic mass is 10.0. The summed E-state index contributed by atoms with van der Waals surface area (Å²) in [5, 5.41) is 3.59. The third-order valence-electron chi connectivity index (χ3n) is 4.66. The summed E-state index contributed by atoms with van der Waals surface area (Å²) in [5.41, 5.74) is 1.68. The number of amides is 2. The number of hydrogen-bond acceptors (Lipinski definition) is 3. The van der Waals surface area contributed by atoms with Gasteiger partial charge in [0.1, 0.15) is 11.8 Å². The molecular weight excluding hydrogens is 400 g/mol. The van der Waals surface area contributed by atoms with Crippen molar-refractivity contribution < 1.29 is 14.3 Å². The van der Waals surface area contributed by atoms with Crippen LogP contribution in [0.4, 0.5) is 0 Å². The Bertz CT molecular complexity index is 859. The second kappa shape index (κ2) is 10.5. The predicted molar refractivity (Wildman–Crippen MR) is 121 cm³/mol. The fourth-order valence-corrected chi connectivity index (χ4v) is 3.23. The van der Waals surface area contributed by atoms with Gasteiger partial charge in [0.05, 0.1) is 0 Å². The zero-order chi connectivity index (χ0) is 22.3. The van der Waals surface area contributed by atoms with Gasteiger partial charge in [-0.3, -0.25) is 9.59 Å². The summed E-state index contributed by atoms with van der Waals surface area (Å²) in [6, 6.07) is 14.1. The average molecular weight is 431 g/mol. The molecule has 0 aliphatic rings. The minimum Gasteiger partial charge on any atom is -0.484 e. The van der Waals surface area contributed by atoms with Gasteiger partial charge in [-0.15, -0.1) is 0 Å². The molecule has 162 valence electrons. The van der Waals surface area contributed by atoms with Gasteiger partial charge in [0.2, 0.25) is 5.91 Å². The minimum absolute atomic E-state index is 0.160. The first kappa shape index (κ1) is 23.7. The molecule has 0 heterocycles. The first-order chi connectivity index (χ1) is 14.1. The van der Waals surface area contributed by atoms with Crippen LogP contribution in [0.1, 0.15) is 45.2 Å². The van der Waals surface area contributed by atoms with Crippen LogP contribution in [-0.2, 0) is 16.1 Å². The van der Waals surface area contributed by atoms with Crippen LogP contribution in [0, 0.1) is 6.92 Å². The fraction of sp³-hybridized carbons (Fsp3) is 0.417. The van der Waals surface area contributed by atoms with Gasteiger partial charge in [0, 0.05) is 17.1 Å². The van der Waals surface area contributed by atoms with E-state index in [9.17, 15) is 9.59 Å². The van der Waals surface area contributed by atoms with E-state index in [1.54, 1.807) is 29.2 Å². The van der Waals surface area contributed by atoms with E-state index in [0.717, 1.165) is 11.1 Å². The van der Waals surface area contributed by atoms with E-state index in [-0.39, 0.29) is 24.0 Å². The van der Waals surface area contributed by atoms with E-state index < -0.39 is 6.04 Å². The molecule has 2 aromatic rings. The molecule has 2 rings (SSSR count). The van der Waals surface area contributed by atoms with Crippen molar-refractivity contribution >= 4 is 23.4 Å².